The number of carbonyl (C=O) groups excluding carboxylic acids is 1. The molecule has 0 saturated heterocycles. The van der Waals surface area contributed by atoms with E-state index in [1.54, 1.807) is 0 Å². The average molecular weight is 288 g/mol. The van der Waals surface area contributed by atoms with Crippen molar-refractivity contribution in [1.29, 1.82) is 0 Å². The maximum atomic E-state index is 12.1. The molecule has 0 unspecified atom stereocenters. The van der Waals surface area contributed by atoms with Gasteiger partial charge in [0.2, 0.25) is 0 Å². The summed E-state index contributed by atoms with van der Waals surface area (Å²) in [4.78, 5) is 12.1. The molecule has 0 heterocycles. The molecule has 1 fully saturated rings. The lowest BCUT2D eigenvalue weighted by Gasteiger charge is -2.36. The van der Waals surface area contributed by atoms with Crippen molar-refractivity contribution in [2.45, 2.75) is 59.0 Å². The minimum absolute atomic E-state index is 0.0383. The summed E-state index contributed by atoms with van der Waals surface area (Å²) >= 11 is 0. The molecule has 0 aromatic heterocycles. The fourth-order valence-electron chi connectivity index (χ4n) is 3.37. The van der Waals surface area contributed by atoms with E-state index in [-0.39, 0.29) is 12.1 Å². The summed E-state index contributed by atoms with van der Waals surface area (Å²) < 4.78 is 5.82. The van der Waals surface area contributed by atoms with Crippen LogP contribution in [0.5, 0.6) is 0 Å². The summed E-state index contributed by atoms with van der Waals surface area (Å²) in [7, 11) is 0. The van der Waals surface area contributed by atoms with Crippen molar-refractivity contribution in [2.24, 2.45) is 17.8 Å². The molecule has 1 aliphatic rings. The van der Waals surface area contributed by atoms with Gasteiger partial charge in [-0.1, -0.05) is 57.5 Å². The molecular weight excluding hydrogens is 260 g/mol. The van der Waals surface area contributed by atoms with Gasteiger partial charge in [-0.3, -0.25) is 4.79 Å². The van der Waals surface area contributed by atoms with E-state index in [9.17, 15) is 4.79 Å². The van der Waals surface area contributed by atoms with Crippen LogP contribution in [0.1, 0.15) is 52.0 Å². The third kappa shape index (κ3) is 4.87. The van der Waals surface area contributed by atoms with Crippen molar-refractivity contribution in [3.05, 3.63) is 35.9 Å². The number of carbonyl (C=O) groups is 1. The highest BCUT2D eigenvalue weighted by atomic mass is 16.5. The molecule has 0 N–H and O–H groups in total. The molecule has 21 heavy (non-hydrogen) atoms. The predicted molar refractivity (Wildman–Crippen MR) is 86.0 cm³/mol. The fourth-order valence-corrected chi connectivity index (χ4v) is 3.37. The first kappa shape index (κ1) is 16.1. The molecule has 1 aromatic carbocycles. The van der Waals surface area contributed by atoms with Crippen LogP contribution < -0.4 is 0 Å². The van der Waals surface area contributed by atoms with E-state index < -0.39 is 0 Å². The minimum Gasteiger partial charge on any atom is -0.462 e. The molecule has 2 rings (SSSR count). The second-order valence-electron chi connectivity index (χ2n) is 6.84. The Morgan fingerprint density at radius 1 is 1.24 bits per heavy atom. The van der Waals surface area contributed by atoms with E-state index in [1.807, 2.05) is 18.2 Å². The molecule has 3 atom stereocenters. The summed E-state index contributed by atoms with van der Waals surface area (Å²) in [5, 5.41) is 0. The third-order valence-electron chi connectivity index (χ3n) is 4.70. The van der Waals surface area contributed by atoms with Crippen molar-refractivity contribution in [3.8, 4) is 0 Å². The first-order valence-corrected chi connectivity index (χ1v) is 8.29. The van der Waals surface area contributed by atoms with Crippen LogP contribution in [0, 0.1) is 17.8 Å². The van der Waals surface area contributed by atoms with Gasteiger partial charge < -0.3 is 4.74 Å². The lowest BCUT2D eigenvalue weighted by atomic mass is 9.75. The summed E-state index contributed by atoms with van der Waals surface area (Å²) in [6.45, 7) is 6.75. The highest BCUT2D eigenvalue weighted by Gasteiger charge is 2.33. The SMILES string of the molecule is CC(C)[C@@H]1CC[C@H](C)C[C@H]1OC(=O)CCc1ccccc1. The molecule has 0 aliphatic heterocycles. The quantitative estimate of drug-likeness (QED) is 0.739. The highest BCUT2D eigenvalue weighted by Crippen LogP contribution is 2.35. The summed E-state index contributed by atoms with van der Waals surface area (Å²) in [5.74, 6) is 1.75. The zero-order valence-electron chi connectivity index (χ0n) is 13.5. The summed E-state index contributed by atoms with van der Waals surface area (Å²) in [6.07, 6.45) is 4.86. The normalized spacial score (nSPS) is 25.8. The summed E-state index contributed by atoms with van der Waals surface area (Å²) in [5.41, 5.74) is 1.20. The number of ether oxygens (including phenoxy) is 1. The van der Waals surface area contributed by atoms with Gasteiger partial charge in [-0.25, -0.2) is 0 Å². The molecule has 1 saturated carbocycles. The number of aryl methyl sites for hydroxylation is 1. The van der Waals surface area contributed by atoms with Gasteiger partial charge in [0, 0.05) is 6.42 Å². The molecule has 1 aromatic rings. The highest BCUT2D eigenvalue weighted by molar-refractivity contribution is 5.70. The van der Waals surface area contributed by atoms with Crippen LogP contribution in [-0.2, 0) is 16.0 Å². The number of benzene rings is 1. The van der Waals surface area contributed by atoms with Crippen LogP contribution in [0.4, 0.5) is 0 Å². The smallest absolute Gasteiger partial charge is 0.306 e. The van der Waals surface area contributed by atoms with Gasteiger partial charge in [0.1, 0.15) is 6.10 Å². The van der Waals surface area contributed by atoms with Crippen LogP contribution >= 0.6 is 0 Å². The van der Waals surface area contributed by atoms with Gasteiger partial charge in [-0.15, -0.1) is 0 Å². The average Bonchev–Trinajstić information content (AvgIpc) is 2.46. The van der Waals surface area contributed by atoms with Gasteiger partial charge >= 0.3 is 5.97 Å². The van der Waals surface area contributed by atoms with Crippen LogP contribution in [0.25, 0.3) is 0 Å². The maximum Gasteiger partial charge on any atom is 0.306 e. The molecule has 0 radical (unpaired) electrons. The lowest BCUT2D eigenvalue weighted by Crippen LogP contribution is -2.35. The molecule has 0 bridgehead atoms. The van der Waals surface area contributed by atoms with E-state index in [2.05, 4.69) is 32.9 Å². The molecular formula is C19H28O2. The standard InChI is InChI=1S/C19H28O2/c1-14(2)17-11-9-15(3)13-18(17)21-19(20)12-10-16-7-5-4-6-8-16/h4-8,14-15,17-18H,9-13H2,1-3H3/t15-,17-,18+/m0/s1. The molecule has 116 valence electrons. The Hall–Kier alpha value is -1.31. The van der Waals surface area contributed by atoms with Gasteiger partial charge in [0.25, 0.3) is 0 Å². The van der Waals surface area contributed by atoms with Crippen molar-refractivity contribution >= 4 is 5.97 Å². The Morgan fingerprint density at radius 2 is 1.95 bits per heavy atom. The third-order valence-corrected chi connectivity index (χ3v) is 4.70. The second-order valence-corrected chi connectivity index (χ2v) is 6.84. The number of hydrogen-bond acceptors (Lipinski definition) is 2. The van der Waals surface area contributed by atoms with Crippen molar-refractivity contribution < 1.29 is 9.53 Å². The first-order valence-electron chi connectivity index (χ1n) is 8.29. The van der Waals surface area contributed by atoms with Gasteiger partial charge in [0.15, 0.2) is 0 Å². The van der Waals surface area contributed by atoms with Crippen LogP contribution in [0.3, 0.4) is 0 Å². The van der Waals surface area contributed by atoms with E-state index in [4.69, 9.17) is 4.74 Å². The Bertz CT molecular complexity index is 438. The number of hydrogen-bond donors (Lipinski definition) is 0. The van der Waals surface area contributed by atoms with Gasteiger partial charge in [0.05, 0.1) is 0 Å². The van der Waals surface area contributed by atoms with E-state index >= 15 is 0 Å². The van der Waals surface area contributed by atoms with E-state index in [0.717, 1.165) is 12.8 Å². The molecule has 0 amide bonds. The molecule has 2 nitrogen and oxygen atoms in total. The number of rotatable bonds is 5. The van der Waals surface area contributed by atoms with Crippen LogP contribution in [0.2, 0.25) is 0 Å². The fraction of sp³-hybridized carbons (Fsp3) is 0.632. The van der Waals surface area contributed by atoms with E-state index in [1.165, 1.54) is 18.4 Å². The van der Waals surface area contributed by atoms with Gasteiger partial charge in [-0.05, 0) is 42.6 Å². The molecule has 1 aliphatic carbocycles. The van der Waals surface area contributed by atoms with Crippen molar-refractivity contribution in [3.63, 3.8) is 0 Å². The largest absolute Gasteiger partial charge is 0.462 e. The lowest BCUT2D eigenvalue weighted by molar-refractivity contribution is -0.155. The Balaban J connectivity index is 1.85. The van der Waals surface area contributed by atoms with Gasteiger partial charge in [-0.2, -0.15) is 0 Å². The summed E-state index contributed by atoms with van der Waals surface area (Å²) in [6, 6.07) is 10.1. The second kappa shape index (κ2) is 7.63. The Kier molecular flexibility index (Phi) is 5.84. The molecule has 2 heteroatoms. The van der Waals surface area contributed by atoms with E-state index in [0.29, 0.717) is 24.2 Å². The predicted octanol–water partition coefficient (Wildman–Crippen LogP) is 4.62. The topological polar surface area (TPSA) is 26.3 Å². The molecule has 0 spiro atoms. The number of esters is 1. The van der Waals surface area contributed by atoms with Crippen molar-refractivity contribution in [2.75, 3.05) is 0 Å². The van der Waals surface area contributed by atoms with Crippen molar-refractivity contribution in [1.82, 2.24) is 0 Å². The monoisotopic (exact) mass is 288 g/mol. The maximum absolute atomic E-state index is 12.1. The van der Waals surface area contributed by atoms with Crippen LogP contribution in [-0.4, -0.2) is 12.1 Å². The minimum atomic E-state index is -0.0383. The zero-order valence-corrected chi connectivity index (χ0v) is 13.5. The first-order chi connectivity index (χ1) is 10.1. The van der Waals surface area contributed by atoms with Crippen LogP contribution in [0.15, 0.2) is 30.3 Å². The Morgan fingerprint density at radius 3 is 2.62 bits per heavy atom. The zero-order chi connectivity index (χ0) is 15.2. The Labute approximate surface area is 128 Å².